The zero-order chi connectivity index (χ0) is 9.14. The van der Waals surface area contributed by atoms with E-state index < -0.39 is 0 Å². The van der Waals surface area contributed by atoms with E-state index in [9.17, 15) is 4.79 Å². The minimum absolute atomic E-state index is 0.00694. The summed E-state index contributed by atoms with van der Waals surface area (Å²) in [4.78, 5) is 11.2. The monoisotopic (exact) mass is 160 g/mol. The third kappa shape index (κ3) is 1.62. The molecule has 1 aromatic rings. The predicted molar refractivity (Wildman–Crippen MR) is 50.4 cm³/mol. The fourth-order valence-corrected chi connectivity index (χ4v) is 1.20. The third-order valence-corrected chi connectivity index (χ3v) is 1.83. The summed E-state index contributed by atoms with van der Waals surface area (Å²) in [5, 5.41) is 0. The molecule has 0 saturated carbocycles. The van der Waals surface area contributed by atoms with Gasteiger partial charge in [0.1, 0.15) is 0 Å². The van der Waals surface area contributed by atoms with Crippen LogP contribution in [0.25, 0.3) is 0 Å². The summed E-state index contributed by atoms with van der Waals surface area (Å²) in [5.41, 5.74) is 2.93. The van der Waals surface area contributed by atoms with Crippen molar-refractivity contribution in [2.75, 3.05) is 0 Å². The van der Waals surface area contributed by atoms with E-state index in [0.29, 0.717) is 0 Å². The summed E-state index contributed by atoms with van der Waals surface area (Å²) in [6.07, 6.45) is 1.34. The van der Waals surface area contributed by atoms with Crippen molar-refractivity contribution in [3.63, 3.8) is 0 Å². The fourth-order valence-electron chi connectivity index (χ4n) is 1.20. The molecule has 0 aliphatic heterocycles. The molecule has 0 atom stereocenters. The van der Waals surface area contributed by atoms with Crippen molar-refractivity contribution in [3.8, 4) is 0 Å². The number of carbonyl (C=O) groups is 1. The Morgan fingerprint density at radius 1 is 1.42 bits per heavy atom. The van der Waals surface area contributed by atoms with Crippen LogP contribution in [-0.2, 0) is 0 Å². The highest BCUT2D eigenvalue weighted by Crippen LogP contribution is 2.11. The number of benzene rings is 1. The van der Waals surface area contributed by atoms with E-state index in [1.807, 2.05) is 32.0 Å². The summed E-state index contributed by atoms with van der Waals surface area (Å²) in [7, 11) is 0. The van der Waals surface area contributed by atoms with Gasteiger partial charge in [-0.15, -0.1) is 0 Å². The topological polar surface area (TPSA) is 17.1 Å². The average Bonchev–Trinajstić information content (AvgIpc) is 2.03. The molecule has 1 nitrogen and oxygen atoms in total. The molecule has 1 heteroatoms. The van der Waals surface area contributed by atoms with E-state index in [1.165, 1.54) is 11.6 Å². The summed E-state index contributed by atoms with van der Waals surface area (Å²) < 4.78 is 0. The molecule has 0 fully saturated rings. The zero-order valence-corrected chi connectivity index (χ0v) is 7.42. The van der Waals surface area contributed by atoms with Gasteiger partial charge in [0, 0.05) is 5.56 Å². The molecular weight excluding hydrogens is 148 g/mol. The van der Waals surface area contributed by atoms with E-state index >= 15 is 0 Å². The first-order chi connectivity index (χ1) is 5.65. The van der Waals surface area contributed by atoms with Gasteiger partial charge >= 0.3 is 0 Å². The van der Waals surface area contributed by atoms with Gasteiger partial charge in [0.2, 0.25) is 0 Å². The number of rotatable bonds is 2. The van der Waals surface area contributed by atoms with Gasteiger partial charge in [-0.25, -0.2) is 0 Å². The highest BCUT2D eigenvalue weighted by molar-refractivity contribution is 6.05. The fraction of sp³-hybridized carbons (Fsp3) is 0.182. The normalized spacial score (nSPS) is 9.50. The Morgan fingerprint density at radius 3 is 2.58 bits per heavy atom. The van der Waals surface area contributed by atoms with E-state index in [4.69, 9.17) is 0 Å². The molecule has 0 aromatic heterocycles. The average molecular weight is 160 g/mol. The van der Waals surface area contributed by atoms with Crippen LogP contribution in [0, 0.1) is 13.8 Å². The number of aryl methyl sites for hydroxylation is 2. The lowest BCUT2D eigenvalue weighted by molar-refractivity contribution is 0.104. The number of carbonyl (C=O) groups excluding carboxylic acids is 1. The number of hydrogen-bond acceptors (Lipinski definition) is 1. The van der Waals surface area contributed by atoms with Gasteiger partial charge in [-0.1, -0.05) is 30.3 Å². The Balaban J connectivity index is 3.18. The highest BCUT2D eigenvalue weighted by Gasteiger charge is 2.03. The first-order valence-electron chi connectivity index (χ1n) is 3.89. The third-order valence-electron chi connectivity index (χ3n) is 1.83. The van der Waals surface area contributed by atoms with Crippen molar-refractivity contribution in [1.29, 1.82) is 0 Å². The first-order valence-corrected chi connectivity index (χ1v) is 3.89. The molecule has 0 aliphatic rings. The van der Waals surface area contributed by atoms with Crippen molar-refractivity contribution in [2.45, 2.75) is 13.8 Å². The zero-order valence-electron chi connectivity index (χ0n) is 7.42. The largest absolute Gasteiger partial charge is 0.289 e. The Labute approximate surface area is 72.7 Å². The van der Waals surface area contributed by atoms with Gasteiger partial charge in [-0.3, -0.25) is 4.79 Å². The predicted octanol–water partition coefficient (Wildman–Crippen LogP) is 2.67. The molecule has 0 heterocycles. The molecule has 12 heavy (non-hydrogen) atoms. The minimum atomic E-state index is -0.00694. The van der Waals surface area contributed by atoms with Crippen molar-refractivity contribution in [1.82, 2.24) is 0 Å². The van der Waals surface area contributed by atoms with Gasteiger partial charge in [-0.05, 0) is 25.5 Å². The van der Waals surface area contributed by atoms with Gasteiger partial charge in [0.25, 0.3) is 0 Å². The van der Waals surface area contributed by atoms with Crippen LogP contribution in [0.1, 0.15) is 21.5 Å². The van der Waals surface area contributed by atoms with Crippen LogP contribution in [0.3, 0.4) is 0 Å². The van der Waals surface area contributed by atoms with Crippen LogP contribution in [0.15, 0.2) is 30.9 Å². The maximum atomic E-state index is 11.2. The van der Waals surface area contributed by atoms with E-state index in [0.717, 1.165) is 11.1 Å². The Morgan fingerprint density at radius 2 is 2.08 bits per heavy atom. The molecular formula is C11H12O. The maximum absolute atomic E-state index is 11.2. The summed E-state index contributed by atoms with van der Waals surface area (Å²) in [6, 6.07) is 5.77. The highest BCUT2D eigenvalue weighted by atomic mass is 16.1. The van der Waals surface area contributed by atoms with Crippen LogP contribution >= 0.6 is 0 Å². The quantitative estimate of drug-likeness (QED) is 0.480. The van der Waals surface area contributed by atoms with Crippen LogP contribution in [0.4, 0.5) is 0 Å². The molecule has 0 amide bonds. The van der Waals surface area contributed by atoms with Gasteiger partial charge < -0.3 is 0 Å². The van der Waals surface area contributed by atoms with Crippen molar-refractivity contribution < 1.29 is 4.79 Å². The Bertz CT molecular complexity index is 324. The van der Waals surface area contributed by atoms with Crippen LogP contribution in [0.5, 0.6) is 0 Å². The molecule has 0 N–H and O–H groups in total. The van der Waals surface area contributed by atoms with Crippen LogP contribution in [0.2, 0.25) is 0 Å². The van der Waals surface area contributed by atoms with Crippen molar-refractivity contribution in [3.05, 3.63) is 47.5 Å². The van der Waals surface area contributed by atoms with Crippen LogP contribution in [-0.4, -0.2) is 5.78 Å². The molecule has 0 radical (unpaired) electrons. The molecule has 1 aromatic carbocycles. The van der Waals surface area contributed by atoms with Crippen LogP contribution < -0.4 is 0 Å². The molecule has 0 aliphatic carbocycles. The second-order valence-corrected chi connectivity index (χ2v) is 2.89. The molecule has 62 valence electrons. The lowest BCUT2D eigenvalue weighted by Gasteiger charge is -2.01. The van der Waals surface area contributed by atoms with Gasteiger partial charge in [0.15, 0.2) is 5.78 Å². The standard InChI is InChI=1S/C11H12O/c1-4-11(12)10-6-5-8(2)7-9(10)3/h4-7H,1H2,2-3H3. The number of ketones is 1. The first kappa shape index (κ1) is 8.72. The number of allylic oxidation sites excluding steroid dienone is 1. The van der Waals surface area contributed by atoms with Crippen molar-refractivity contribution >= 4 is 5.78 Å². The van der Waals surface area contributed by atoms with E-state index in [2.05, 4.69) is 6.58 Å². The second-order valence-electron chi connectivity index (χ2n) is 2.89. The summed E-state index contributed by atoms with van der Waals surface area (Å²) in [5.74, 6) is -0.00694. The van der Waals surface area contributed by atoms with Gasteiger partial charge in [0.05, 0.1) is 0 Å². The Hall–Kier alpha value is -1.37. The van der Waals surface area contributed by atoms with Crippen molar-refractivity contribution in [2.24, 2.45) is 0 Å². The lowest BCUT2D eigenvalue weighted by atomic mass is 10.0. The van der Waals surface area contributed by atoms with Gasteiger partial charge in [-0.2, -0.15) is 0 Å². The Kier molecular flexibility index (Phi) is 2.44. The van der Waals surface area contributed by atoms with E-state index in [-0.39, 0.29) is 5.78 Å². The molecule has 0 saturated heterocycles. The number of hydrogen-bond donors (Lipinski definition) is 0. The minimum Gasteiger partial charge on any atom is -0.289 e. The lowest BCUT2D eigenvalue weighted by Crippen LogP contribution is -1.97. The summed E-state index contributed by atoms with van der Waals surface area (Å²) >= 11 is 0. The summed E-state index contributed by atoms with van der Waals surface area (Å²) in [6.45, 7) is 7.39. The molecule has 1 rings (SSSR count). The molecule has 0 spiro atoms. The molecule has 0 bridgehead atoms. The van der Waals surface area contributed by atoms with E-state index in [1.54, 1.807) is 0 Å². The smallest absolute Gasteiger partial charge is 0.185 e. The molecule has 0 unspecified atom stereocenters. The second kappa shape index (κ2) is 3.35. The SMILES string of the molecule is C=CC(=O)c1ccc(C)cc1C. The maximum Gasteiger partial charge on any atom is 0.185 e.